The van der Waals surface area contributed by atoms with Crippen LogP contribution < -0.4 is 4.74 Å². The Balaban J connectivity index is 2.49. The minimum Gasteiger partial charge on any atom is -0.497 e. The zero-order chi connectivity index (χ0) is 15.8. The van der Waals surface area contributed by atoms with Gasteiger partial charge in [-0.1, -0.05) is 42.5 Å². The van der Waals surface area contributed by atoms with Gasteiger partial charge in [0.25, 0.3) is 0 Å². The van der Waals surface area contributed by atoms with Crippen molar-refractivity contribution in [2.45, 2.75) is 18.8 Å². The molecule has 3 nitrogen and oxygen atoms in total. The maximum absolute atomic E-state index is 9.12. The Labute approximate surface area is 131 Å². The number of benzene rings is 2. The van der Waals surface area contributed by atoms with Crippen LogP contribution in [-0.2, 0) is 0 Å². The fraction of sp³-hybridized carbons (Fsp3) is 0.263. The van der Waals surface area contributed by atoms with E-state index < -0.39 is 0 Å². The molecule has 0 bridgehead atoms. The molecule has 0 N–H and O–H groups in total. The highest BCUT2D eigenvalue weighted by atomic mass is 16.5. The standard InChI is InChI=1S/C19H18N2O/c1-22-18-9-5-8-17(14-18)19(15-6-3-2-4-7-15)16(10-12-20)11-13-21/h2-9,14,16,19H,10-11H2,1H3. The van der Waals surface area contributed by atoms with Gasteiger partial charge in [-0.25, -0.2) is 0 Å². The summed E-state index contributed by atoms with van der Waals surface area (Å²) in [5.74, 6) is 0.756. The summed E-state index contributed by atoms with van der Waals surface area (Å²) in [5, 5.41) is 18.2. The van der Waals surface area contributed by atoms with E-state index in [9.17, 15) is 0 Å². The van der Waals surface area contributed by atoms with Gasteiger partial charge in [0.05, 0.1) is 19.2 Å². The highest BCUT2D eigenvalue weighted by Gasteiger charge is 2.25. The van der Waals surface area contributed by atoms with Crippen molar-refractivity contribution in [1.82, 2.24) is 0 Å². The van der Waals surface area contributed by atoms with Crippen molar-refractivity contribution in [3.63, 3.8) is 0 Å². The fourth-order valence-corrected chi connectivity index (χ4v) is 2.77. The van der Waals surface area contributed by atoms with E-state index >= 15 is 0 Å². The third kappa shape index (κ3) is 3.65. The average Bonchev–Trinajstić information content (AvgIpc) is 2.57. The Bertz CT molecular complexity index is 667. The Hall–Kier alpha value is -2.78. The minimum atomic E-state index is -0.0375. The lowest BCUT2D eigenvalue weighted by Gasteiger charge is -2.25. The van der Waals surface area contributed by atoms with Gasteiger partial charge >= 0.3 is 0 Å². The molecule has 3 heteroatoms. The first-order chi connectivity index (χ1) is 10.8. The molecule has 0 aliphatic carbocycles. The van der Waals surface area contributed by atoms with Crippen LogP contribution in [0.2, 0.25) is 0 Å². The van der Waals surface area contributed by atoms with Crippen LogP contribution in [0.3, 0.4) is 0 Å². The molecule has 0 aliphatic rings. The van der Waals surface area contributed by atoms with Gasteiger partial charge < -0.3 is 4.74 Å². The number of ether oxygens (including phenoxy) is 1. The molecule has 22 heavy (non-hydrogen) atoms. The fourth-order valence-electron chi connectivity index (χ4n) is 2.77. The second-order valence-corrected chi connectivity index (χ2v) is 5.15. The largest absolute Gasteiger partial charge is 0.497 e. The van der Waals surface area contributed by atoms with Gasteiger partial charge in [0, 0.05) is 18.8 Å². The topological polar surface area (TPSA) is 56.8 Å². The summed E-state index contributed by atoms with van der Waals surface area (Å²) in [4.78, 5) is 0. The van der Waals surface area contributed by atoms with Crippen LogP contribution in [0, 0.1) is 28.6 Å². The molecule has 0 saturated heterocycles. The second kappa shape index (κ2) is 7.86. The van der Waals surface area contributed by atoms with Gasteiger partial charge in [0.15, 0.2) is 0 Å². The average molecular weight is 290 g/mol. The van der Waals surface area contributed by atoms with Crippen LogP contribution >= 0.6 is 0 Å². The highest BCUT2D eigenvalue weighted by molar-refractivity contribution is 5.38. The van der Waals surface area contributed by atoms with Gasteiger partial charge in [-0.3, -0.25) is 0 Å². The molecule has 0 radical (unpaired) electrons. The van der Waals surface area contributed by atoms with Crippen LogP contribution in [0.5, 0.6) is 5.75 Å². The summed E-state index contributed by atoms with van der Waals surface area (Å²) in [6.07, 6.45) is 0.703. The molecule has 0 saturated carbocycles. The van der Waals surface area contributed by atoms with Crippen molar-refractivity contribution < 1.29 is 4.74 Å². The minimum absolute atomic E-state index is 0.00981. The van der Waals surface area contributed by atoms with E-state index in [1.54, 1.807) is 7.11 Å². The molecule has 1 atom stereocenters. The second-order valence-electron chi connectivity index (χ2n) is 5.15. The molecule has 0 heterocycles. The zero-order valence-electron chi connectivity index (χ0n) is 12.6. The molecule has 110 valence electrons. The molecule has 0 aromatic heterocycles. The van der Waals surface area contributed by atoms with Crippen LogP contribution in [0.25, 0.3) is 0 Å². The van der Waals surface area contributed by atoms with Gasteiger partial charge in [0.2, 0.25) is 0 Å². The van der Waals surface area contributed by atoms with Gasteiger partial charge in [-0.2, -0.15) is 10.5 Å². The summed E-state index contributed by atoms with van der Waals surface area (Å²) < 4.78 is 5.31. The number of nitriles is 2. The van der Waals surface area contributed by atoms with Crippen LogP contribution in [-0.4, -0.2) is 7.11 Å². The van der Waals surface area contributed by atoms with Crippen LogP contribution in [0.15, 0.2) is 54.6 Å². The first-order valence-electron chi connectivity index (χ1n) is 7.23. The maximum Gasteiger partial charge on any atom is 0.119 e. The van der Waals surface area contributed by atoms with Crippen molar-refractivity contribution in [2.24, 2.45) is 5.92 Å². The summed E-state index contributed by atoms with van der Waals surface area (Å²) in [6, 6.07) is 22.3. The third-order valence-electron chi connectivity index (χ3n) is 3.79. The molecular formula is C19H18N2O. The van der Waals surface area contributed by atoms with Gasteiger partial charge in [0.1, 0.15) is 5.75 Å². The summed E-state index contributed by atoms with van der Waals surface area (Å²) in [7, 11) is 1.64. The van der Waals surface area contributed by atoms with E-state index in [1.807, 2.05) is 54.6 Å². The third-order valence-corrected chi connectivity index (χ3v) is 3.79. The number of rotatable bonds is 6. The van der Waals surface area contributed by atoms with E-state index in [2.05, 4.69) is 12.1 Å². The van der Waals surface area contributed by atoms with Crippen molar-refractivity contribution in [3.8, 4) is 17.9 Å². The Kier molecular flexibility index (Phi) is 5.57. The van der Waals surface area contributed by atoms with E-state index in [4.69, 9.17) is 15.3 Å². The lowest BCUT2D eigenvalue weighted by molar-refractivity contribution is 0.412. The van der Waals surface area contributed by atoms with E-state index in [-0.39, 0.29) is 11.8 Å². The number of nitrogens with zero attached hydrogens (tertiary/aromatic N) is 2. The predicted molar refractivity (Wildman–Crippen MR) is 85.2 cm³/mol. The van der Waals surface area contributed by atoms with E-state index in [1.165, 1.54) is 0 Å². The van der Waals surface area contributed by atoms with Gasteiger partial charge in [-0.05, 0) is 29.2 Å². The highest BCUT2D eigenvalue weighted by Crippen LogP contribution is 2.36. The smallest absolute Gasteiger partial charge is 0.119 e. The summed E-state index contributed by atoms with van der Waals surface area (Å²) in [5.41, 5.74) is 2.19. The molecule has 1 unspecified atom stereocenters. The Morgan fingerprint density at radius 2 is 1.55 bits per heavy atom. The zero-order valence-corrected chi connectivity index (χ0v) is 12.6. The predicted octanol–water partition coefficient (Wildman–Crippen LogP) is 4.27. The van der Waals surface area contributed by atoms with Gasteiger partial charge in [-0.15, -0.1) is 0 Å². The van der Waals surface area contributed by atoms with Crippen LogP contribution in [0.1, 0.15) is 29.9 Å². The van der Waals surface area contributed by atoms with Crippen molar-refractivity contribution in [1.29, 1.82) is 10.5 Å². The molecule has 0 amide bonds. The lowest BCUT2D eigenvalue weighted by atomic mass is 9.78. The molecule has 0 aliphatic heterocycles. The van der Waals surface area contributed by atoms with Crippen molar-refractivity contribution in [3.05, 3.63) is 65.7 Å². The SMILES string of the molecule is COc1cccc(C(c2ccccc2)C(CC#N)CC#N)c1. The van der Waals surface area contributed by atoms with Crippen LogP contribution in [0.4, 0.5) is 0 Å². The number of methoxy groups -OCH3 is 1. The molecule has 0 fully saturated rings. The number of hydrogen-bond donors (Lipinski definition) is 0. The quantitative estimate of drug-likeness (QED) is 0.798. The molecule has 2 rings (SSSR count). The Morgan fingerprint density at radius 1 is 0.909 bits per heavy atom. The normalized spacial score (nSPS) is 11.5. The summed E-state index contributed by atoms with van der Waals surface area (Å²) in [6.45, 7) is 0. The Morgan fingerprint density at radius 3 is 2.14 bits per heavy atom. The molecule has 0 spiro atoms. The van der Waals surface area contributed by atoms with Crippen molar-refractivity contribution in [2.75, 3.05) is 7.11 Å². The van der Waals surface area contributed by atoms with Crippen molar-refractivity contribution >= 4 is 0 Å². The first kappa shape index (κ1) is 15.6. The molecule has 2 aromatic carbocycles. The molecule has 2 aromatic rings. The first-order valence-corrected chi connectivity index (χ1v) is 7.23. The number of hydrogen-bond acceptors (Lipinski definition) is 3. The monoisotopic (exact) mass is 290 g/mol. The van der Waals surface area contributed by atoms with E-state index in [0.717, 1.165) is 16.9 Å². The summed E-state index contributed by atoms with van der Waals surface area (Å²) >= 11 is 0. The maximum atomic E-state index is 9.12. The lowest BCUT2D eigenvalue weighted by Crippen LogP contribution is -2.14. The van der Waals surface area contributed by atoms with E-state index in [0.29, 0.717) is 12.8 Å². The molecular weight excluding hydrogens is 272 g/mol.